The largest absolute Gasteiger partial charge is 0.295 e. The Bertz CT molecular complexity index is 359. The maximum Gasteiger partial charge on any atom is 0.295 e. The van der Waals surface area contributed by atoms with Crippen molar-refractivity contribution in [2.75, 3.05) is 14.2 Å². The number of hydrogen-bond acceptors (Lipinski definition) is 3. The minimum atomic E-state index is -0.329. The Morgan fingerprint density at radius 2 is 2.36 bits per heavy atom. The van der Waals surface area contributed by atoms with Gasteiger partial charge in [-0.05, 0) is 22.0 Å². The van der Waals surface area contributed by atoms with Crippen LogP contribution < -0.4 is 0 Å². The lowest BCUT2D eigenvalue weighted by molar-refractivity contribution is -0.0760. The predicted molar refractivity (Wildman–Crippen MR) is 56.0 cm³/mol. The highest BCUT2D eigenvalue weighted by molar-refractivity contribution is 9.10. The molecule has 0 aliphatic carbocycles. The number of halogens is 2. The van der Waals surface area contributed by atoms with E-state index in [-0.39, 0.29) is 11.6 Å². The Morgan fingerprint density at radius 3 is 2.86 bits per heavy atom. The molecule has 1 heterocycles. The number of hydrogen-bond donors (Lipinski definition) is 0. The summed E-state index contributed by atoms with van der Waals surface area (Å²) in [5.74, 6) is -0.329. The maximum atomic E-state index is 11.5. The van der Waals surface area contributed by atoms with Gasteiger partial charge in [-0.15, -0.1) is 0 Å². The van der Waals surface area contributed by atoms with E-state index >= 15 is 0 Å². The fraction of sp³-hybridized carbons (Fsp3) is 0.250. The first-order valence-corrected chi connectivity index (χ1v) is 4.86. The molecule has 0 saturated heterocycles. The molecular formula is C8H8BrClN2O2. The van der Waals surface area contributed by atoms with Crippen molar-refractivity contribution in [3.05, 3.63) is 27.5 Å². The lowest BCUT2D eigenvalue weighted by Crippen LogP contribution is -2.26. The smallest absolute Gasteiger partial charge is 0.274 e. The zero-order valence-electron chi connectivity index (χ0n) is 7.62. The van der Waals surface area contributed by atoms with E-state index in [1.165, 1.54) is 20.4 Å². The normalized spacial score (nSPS) is 10.0. The molecule has 0 bridgehead atoms. The quantitative estimate of drug-likeness (QED) is 0.779. The summed E-state index contributed by atoms with van der Waals surface area (Å²) in [5, 5.41) is 1.55. The summed E-state index contributed by atoms with van der Waals surface area (Å²) in [4.78, 5) is 20.1. The van der Waals surface area contributed by atoms with Crippen LogP contribution in [0.25, 0.3) is 0 Å². The van der Waals surface area contributed by atoms with E-state index in [4.69, 9.17) is 16.4 Å². The second-order valence-corrected chi connectivity index (χ2v) is 3.73. The second kappa shape index (κ2) is 4.72. The summed E-state index contributed by atoms with van der Waals surface area (Å²) in [6, 6.07) is 1.54. The van der Waals surface area contributed by atoms with Gasteiger partial charge in [-0.3, -0.25) is 9.63 Å². The molecule has 0 spiro atoms. The van der Waals surface area contributed by atoms with Gasteiger partial charge in [0.15, 0.2) is 0 Å². The minimum Gasteiger partial charge on any atom is -0.274 e. The third-order valence-corrected chi connectivity index (χ3v) is 2.77. The van der Waals surface area contributed by atoms with Crippen LogP contribution in [-0.4, -0.2) is 30.1 Å². The van der Waals surface area contributed by atoms with Crippen LogP contribution >= 0.6 is 27.5 Å². The molecule has 1 rings (SSSR count). The highest BCUT2D eigenvalue weighted by Gasteiger charge is 2.13. The zero-order chi connectivity index (χ0) is 10.7. The summed E-state index contributed by atoms with van der Waals surface area (Å²) < 4.78 is 0.627. The molecule has 4 nitrogen and oxygen atoms in total. The maximum absolute atomic E-state index is 11.5. The van der Waals surface area contributed by atoms with Gasteiger partial charge >= 0.3 is 0 Å². The van der Waals surface area contributed by atoms with E-state index in [1.807, 2.05) is 0 Å². The monoisotopic (exact) mass is 278 g/mol. The van der Waals surface area contributed by atoms with Crippen LogP contribution in [-0.2, 0) is 4.84 Å². The molecule has 0 aliphatic rings. The van der Waals surface area contributed by atoms with E-state index in [0.29, 0.717) is 9.50 Å². The van der Waals surface area contributed by atoms with Crippen molar-refractivity contribution in [2.24, 2.45) is 0 Å². The lowest BCUT2D eigenvalue weighted by Gasteiger charge is -2.12. The molecule has 0 fully saturated rings. The topological polar surface area (TPSA) is 42.4 Å². The third kappa shape index (κ3) is 2.43. The van der Waals surface area contributed by atoms with Crippen molar-refractivity contribution >= 4 is 33.4 Å². The lowest BCUT2D eigenvalue weighted by atomic mass is 10.3. The van der Waals surface area contributed by atoms with Gasteiger partial charge in [0.1, 0.15) is 5.69 Å². The van der Waals surface area contributed by atoms with E-state index < -0.39 is 0 Å². The Labute approximate surface area is 94.9 Å². The van der Waals surface area contributed by atoms with Crippen LogP contribution in [0.2, 0.25) is 5.02 Å². The van der Waals surface area contributed by atoms with E-state index in [1.54, 1.807) is 6.07 Å². The molecule has 1 aromatic rings. The Balaban J connectivity index is 2.97. The third-order valence-electron chi connectivity index (χ3n) is 1.59. The molecule has 0 unspecified atom stereocenters. The van der Waals surface area contributed by atoms with Gasteiger partial charge in [-0.1, -0.05) is 11.6 Å². The molecule has 6 heteroatoms. The molecule has 0 radical (unpaired) electrons. The number of nitrogens with zero attached hydrogens (tertiary/aromatic N) is 2. The molecule has 0 N–H and O–H groups in total. The second-order valence-electron chi connectivity index (χ2n) is 2.47. The van der Waals surface area contributed by atoms with Crippen LogP contribution in [0.1, 0.15) is 10.5 Å². The molecule has 0 atom stereocenters. The van der Waals surface area contributed by atoms with Gasteiger partial charge in [0, 0.05) is 17.7 Å². The van der Waals surface area contributed by atoms with Crippen molar-refractivity contribution in [3.63, 3.8) is 0 Å². The van der Waals surface area contributed by atoms with Crippen LogP contribution in [0.4, 0.5) is 0 Å². The summed E-state index contributed by atoms with van der Waals surface area (Å²) in [6.45, 7) is 0. The summed E-state index contributed by atoms with van der Waals surface area (Å²) in [5.41, 5.74) is 0.269. The van der Waals surface area contributed by atoms with E-state index in [2.05, 4.69) is 20.9 Å². The number of hydroxylamine groups is 2. The van der Waals surface area contributed by atoms with Gasteiger partial charge in [-0.2, -0.15) is 0 Å². The first-order chi connectivity index (χ1) is 6.56. The zero-order valence-corrected chi connectivity index (χ0v) is 9.96. The SMILES string of the molecule is CON(C)C(=O)c1cc(Br)c(Cl)cn1. The average molecular weight is 280 g/mol. The Hall–Kier alpha value is -0.650. The molecule has 1 amide bonds. The molecular weight excluding hydrogens is 271 g/mol. The highest BCUT2D eigenvalue weighted by atomic mass is 79.9. The Morgan fingerprint density at radius 1 is 1.71 bits per heavy atom. The van der Waals surface area contributed by atoms with Crippen molar-refractivity contribution in [2.45, 2.75) is 0 Å². The van der Waals surface area contributed by atoms with Crippen molar-refractivity contribution in [1.82, 2.24) is 10.0 Å². The van der Waals surface area contributed by atoms with Gasteiger partial charge in [0.25, 0.3) is 5.91 Å². The molecule has 0 aromatic carbocycles. The van der Waals surface area contributed by atoms with Gasteiger partial charge in [0.2, 0.25) is 0 Å². The van der Waals surface area contributed by atoms with E-state index in [0.717, 1.165) is 5.06 Å². The van der Waals surface area contributed by atoms with Crippen LogP contribution in [0, 0.1) is 0 Å². The fourth-order valence-electron chi connectivity index (χ4n) is 0.775. The van der Waals surface area contributed by atoms with Crippen molar-refractivity contribution in [1.29, 1.82) is 0 Å². The first-order valence-electron chi connectivity index (χ1n) is 3.69. The molecule has 14 heavy (non-hydrogen) atoms. The number of rotatable bonds is 2. The number of pyridine rings is 1. The number of aromatic nitrogens is 1. The molecule has 0 saturated carbocycles. The predicted octanol–water partition coefficient (Wildman–Crippen LogP) is 2.13. The fourth-order valence-corrected chi connectivity index (χ4v) is 1.20. The Kier molecular flexibility index (Phi) is 3.86. The minimum absolute atomic E-state index is 0.269. The standard InChI is InChI=1S/C8H8BrClN2O2/c1-12(14-2)8(13)7-3-5(9)6(10)4-11-7/h3-4H,1-2H3. The number of amides is 1. The number of carbonyl (C=O) groups excluding carboxylic acids is 1. The summed E-state index contributed by atoms with van der Waals surface area (Å²) >= 11 is 8.94. The molecule has 76 valence electrons. The van der Waals surface area contributed by atoms with E-state index in [9.17, 15) is 4.79 Å². The van der Waals surface area contributed by atoms with Crippen LogP contribution in [0.15, 0.2) is 16.7 Å². The van der Waals surface area contributed by atoms with Gasteiger partial charge in [0.05, 0.1) is 12.1 Å². The van der Waals surface area contributed by atoms with Crippen LogP contribution in [0.3, 0.4) is 0 Å². The van der Waals surface area contributed by atoms with Crippen molar-refractivity contribution in [3.8, 4) is 0 Å². The van der Waals surface area contributed by atoms with Gasteiger partial charge < -0.3 is 0 Å². The first kappa shape index (κ1) is 11.4. The van der Waals surface area contributed by atoms with Gasteiger partial charge in [-0.25, -0.2) is 10.0 Å². The van der Waals surface area contributed by atoms with Crippen LogP contribution in [0.5, 0.6) is 0 Å². The average Bonchev–Trinajstić information content (AvgIpc) is 2.20. The molecule has 0 aliphatic heterocycles. The summed E-state index contributed by atoms with van der Waals surface area (Å²) in [7, 11) is 2.91. The highest BCUT2D eigenvalue weighted by Crippen LogP contribution is 2.21. The summed E-state index contributed by atoms with van der Waals surface area (Å²) in [6.07, 6.45) is 1.41. The number of carbonyl (C=O) groups is 1. The van der Waals surface area contributed by atoms with Crippen molar-refractivity contribution < 1.29 is 9.63 Å². The molecule has 1 aromatic heterocycles.